The number of nitrogens with zero attached hydrogens (tertiary/aromatic N) is 2. The van der Waals surface area contributed by atoms with Gasteiger partial charge >= 0.3 is 0 Å². The highest BCUT2D eigenvalue weighted by molar-refractivity contribution is 7.14. The van der Waals surface area contributed by atoms with E-state index >= 15 is 0 Å². The van der Waals surface area contributed by atoms with Crippen LogP contribution in [0.15, 0.2) is 29.6 Å². The lowest BCUT2D eigenvalue weighted by Crippen LogP contribution is -2.23. The normalized spacial score (nSPS) is 18.9. The van der Waals surface area contributed by atoms with Crippen molar-refractivity contribution in [1.29, 1.82) is 0 Å². The molecule has 0 fully saturated rings. The second kappa shape index (κ2) is 3.75. The van der Waals surface area contributed by atoms with E-state index in [4.69, 9.17) is 11.6 Å². The molecule has 0 amide bonds. The number of rotatable bonds is 1. The highest BCUT2D eigenvalue weighted by atomic mass is 35.5. The summed E-state index contributed by atoms with van der Waals surface area (Å²) >= 11 is 7.48. The Bertz CT molecular complexity index is 523. The first-order valence-electron chi connectivity index (χ1n) is 5.24. The van der Waals surface area contributed by atoms with Gasteiger partial charge in [0.05, 0.1) is 0 Å². The minimum absolute atomic E-state index is 0.458. The molecule has 0 spiro atoms. The Morgan fingerprint density at radius 1 is 1.44 bits per heavy atom. The minimum atomic E-state index is 0.458. The quantitative estimate of drug-likeness (QED) is 0.764. The standard InChI is InChI=1S/C12H11ClN2S/c1-8-6-9-4-2-3-5-10(9)15(8)12-14-11(13)7-16-12/h2-5,7-8H,6H2,1H3. The molecule has 1 aliphatic heterocycles. The molecule has 2 nitrogen and oxygen atoms in total. The summed E-state index contributed by atoms with van der Waals surface area (Å²) in [6.45, 7) is 2.22. The summed E-state index contributed by atoms with van der Waals surface area (Å²) in [5.74, 6) is 0. The fourth-order valence-electron chi connectivity index (χ4n) is 2.21. The van der Waals surface area contributed by atoms with E-state index in [9.17, 15) is 0 Å². The number of hydrogen-bond acceptors (Lipinski definition) is 3. The van der Waals surface area contributed by atoms with Gasteiger partial charge in [0.2, 0.25) is 0 Å². The summed E-state index contributed by atoms with van der Waals surface area (Å²) in [5, 5.41) is 3.45. The molecule has 1 unspecified atom stereocenters. The van der Waals surface area contributed by atoms with Gasteiger partial charge in [0.1, 0.15) is 5.15 Å². The molecule has 1 atom stereocenters. The third-order valence-electron chi connectivity index (χ3n) is 2.88. The highest BCUT2D eigenvalue weighted by Gasteiger charge is 2.28. The van der Waals surface area contributed by atoms with Crippen molar-refractivity contribution in [2.24, 2.45) is 0 Å². The van der Waals surface area contributed by atoms with Crippen molar-refractivity contribution < 1.29 is 0 Å². The van der Waals surface area contributed by atoms with E-state index in [-0.39, 0.29) is 0 Å². The number of thiazole rings is 1. The van der Waals surface area contributed by atoms with Crippen LogP contribution in [-0.4, -0.2) is 11.0 Å². The summed E-state index contributed by atoms with van der Waals surface area (Å²) < 4.78 is 0. The molecule has 0 saturated heterocycles. The molecule has 0 saturated carbocycles. The van der Waals surface area contributed by atoms with Crippen LogP contribution >= 0.6 is 22.9 Å². The van der Waals surface area contributed by atoms with Gasteiger partial charge in [-0.2, -0.15) is 0 Å². The first-order chi connectivity index (χ1) is 7.75. The van der Waals surface area contributed by atoms with Crippen LogP contribution in [0.3, 0.4) is 0 Å². The molecule has 1 aromatic heterocycles. The molecule has 0 radical (unpaired) electrons. The van der Waals surface area contributed by atoms with E-state index in [0.29, 0.717) is 11.2 Å². The number of anilines is 2. The summed E-state index contributed by atoms with van der Waals surface area (Å²) in [4.78, 5) is 6.62. The zero-order chi connectivity index (χ0) is 11.1. The lowest BCUT2D eigenvalue weighted by molar-refractivity contribution is 0.757. The van der Waals surface area contributed by atoms with Gasteiger partial charge in [-0.25, -0.2) is 4.98 Å². The smallest absolute Gasteiger partial charge is 0.191 e. The molecular weight excluding hydrogens is 240 g/mol. The van der Waals surface area contributed by atoms with E-state index in [1.54, 1.807) is 11.3 Å². The van der Waals surface area contributed by atoms with Gasteiger partial charge in [0, 0.05) is 17.1 Å². The zero-order valence-corrected chi connectivity index (χ0v) is 10.4. The number of para-hydroxylation sites is 1. The van der Waals surface area contributed by atoms with E-state index in [1.165, 1.54) is 11.3 Å². The molecule has 2 aromatic rings. The van der Waals surface area contributed by atoms with Crippen molar-refractivity contribution >= 4 is 33.8 Å². The number of aromatic nitrogens is 1. The maximum atomic E-state index is 5.89. The van der Waals surface area contributed by atoms with Crippen LogP contribution in [0.25, 0.3) is 0 Å². The molecule has 3 rings (SSSR count). The Labute approximate surface area is 104 Å². The van der Waals surface area contributed by atoms with Crippen LogP contribution in [0.1, 0.15) is 12.5 Å². The largest absolute Gasteiger partial charge is 0.314 e. The topological polar surface area (TPSA) is 16.1 Å². The first-order valence-corrected chi connectivity index (χ1v) is 6.49. The van der Waals surface area contributed by atoms with Gasteiger partial charge in [-0.1, -0.05) is 29.8 Å². The second-order valence-electron chi connectivity index (χ2n) is 4.00. The Balaban J connectivity index is 2.08. The second-order valence-corrected chi connectivity index (χ2v) is 5.23. The van der Waals surface area contributed by atoms with Crippen molar-refractivity contribution in [3.05, 3.63) is 40.4 Å². The third-order valence-corrected chi connectivity index (χ3v) is 4.04. The van der Waals surface area contributed by atoms with Gasteiger partial charge in [-0.15, -0.1) is 11.3 Å². The molecule has 4 heteroatoms. The van der Waals surface area contributed by atoms with Gasteiger partial charge in [-0.3, -0.25) is 0 Å². The summed E-state index contributed by atoms with van der Waals surface area (Å²) in [6, 6.07) is 8.94. The average molecular weight is 251 g/mol. The molecule has 1 aromatic carbocycles. The molecule has 0 N–H and O–H groups in total. The number of fused-ring (bicyclic) bond motifs is 1. The molecule has 1 aliphatic rings. The fraction of sp³-hybridized carbons (Fsp3) is 0.250. The summed E-state index contributed by atoms with van der Waals surface area (Å²) in [7, 11) is 0. The number of benzene rings is 1. The van der Waals surface area contributed by atoms with Gasteiger partial charge < -0.3 is 4.90 Å². The van der Waals surface area contributed by atoms with E-state index in [1.807, 2.05) is 5.38 Å². The monoisotopic (exact) mass is 250 g/mol. The predicted molar refractivity (Wildman–Crippen MR) is 68.9 cm³/mol. The summed E-state index contributed by atoms with van der Waals surface area (Å²) in [5.41, 5.74) is 2.65. The Kier molecular flexibility index (Phi) is 2.37. The summed E-state index contributed by atoms with van der Waals surface area (Å²) in [6.07, 6.45) is 1.08. The Morgan fingerprint density at radius 3 is 3.00 bits per heavy atom. The van der Waals surface area contributed by atoms with Gasteiger partial charge in [-0.05, 0) is 25.0 Å². The van der Waals surface area contributed by atoms with E-state index in [0.717, 1.165) is 11.6 Å². The highest BCUT2D eigenvalue weighted by Crippen LogP contribution is 2.39. The maximum absolute atomic E-state index is 5.89. The SMILES string of the molecule is CC1Cc2ccccc2N1c1nc(Cl)cs1. The maximum Gasteiger partial charge on any atom is 0.191 e. The van der Waals surface area contributed by atoms with Crippen molar-refractivity contribution in [2.45, 2.75) is 19.4 Å². The predicted octanol–water partition coefficient (Wildman–Crippen LogP) is 3.88. The molecule has 0 aliphatic carbocycles. The number of hydrogen-bond donors (Lipinski definition) is 0. The van der Waals surface area contributed by atoms with E-state index < -0.39 is 0 Å². The third kappa shape index (κ3) is 1.51. The number of halogens is 1. The molecule has 0 bridgehead atoms. The van der Waals surface area contributed by atoms with Crippen molar-refractivity contribution in [3.63, 3.8) is 0 Å². The van der Waals surface area contributed by atoms with Gasteiger partial charge in [0.15, 0.2) is 5.13 Å². The van der Waals surface area contributed by atoms with Gasteiger partial charge in [0.25, 0.3) is 0 Å². The van der Waals surface area contributed by atoms with Crippen molar-refractivity contribution in [2.75, 3.05) is 4.90 Å². The average Bonchev–Trinajstić information content (AvgIpc) is 2.80. The van der Waals surface area contributed by atoms with Crippen molar-refractivity contribution in [1.82, 2.24) is 4.98 Å². The van der Waals surface area contributed by atoms with Crippen LogP contribution in [0.5, 0.6) is 0 Å². The fourth-order valence-corrected chi connectivity index (χ4v) is 3.28. The van der Waals surface area contributed by atoms with Crippen molar-refractivity contribution in [3.8, 4) is 0 Å². The molecule has 2 heterocycles. The lowest BCUT2D eigenvalue weighted by Gasteiger charge is -2.21. The van der Waals surface area contributed by atoms with E-state index in [2.05, 4.69) is 41.1 Å². The molecule has 16 heavy (non-hydrogen) atoms. The minimum Gasteiger partial charge on any atom is -0.314 e. The zero-order valence-electron chi connectivity index (χ0n) is 8.85. The molecule has 82 valence electrons. The Hall–Kier alpha value is -1.06. The van der Waals surface area contributed by atoms with Crippen LogP contribution in [0, 0.1) is 0 Å². The first kappa shape index (κ1) is 10.1. The molecular formula is C12H11ClN2S. The van der Waals surface area contributed by atoms with Crippen LogP contribution in [0.2, 0.25) is 5.15 Å². The van der Waals surface area contributed by atoms with Crippen LogP contribution < -0.4 is 4.90 Å². The Morgan fingerprint density at radius 2 is 2.25 bits per heavy atom. The van der Waals surface area contributed by atoms with Crippen LogP contribution in [-0.2, 0) is 6.42 Å². The lowest BCUT2D eigenvalue weighted by atomic mass is 10.1. The van der Waals surface area contributed by atoms with Crippen LogP contribution in [0.4, 0.5) is 10.8 Å².